The molecule has 0 atom stereocenters. The molecule has 2 aromatic carbocycles. The van der Waals surface area contributed by atoms with Crippen LogP contribution in [0.25, 0.3) is 21.9 Å². The van der Waals surface area contributed by atoms with Gasteiger partial charge in [0.05, 0.1) is 0 Å². The highest BCUT2D eigenvalue weighted by Gasteiger charge is 2.15. The minimum Gasteiger partial charge on any atom is -0.453 e. The third-order valence-electron chi connectivity index (χ3n) is 5.40. The zero-order chi connectivity index (χ0) is 24.8. The van der Waals surface area contributed by atoms with Crippen LogP contribution in [0.15, 0.2) is 55.0 Å². The first-order valence-corrected chi connectivity index (χ1v) is 13.6. The summed E-state index contributed by atoms with van der Waals surface area (Å²) in [5.74, 6) is 3.15. The van der Waals surface area contributed by atoms with E-state index in [0.29, 0.717) is 11.5 Å². The van der Waals surface area contributed by atoms with Crippen LogP contribution in [0.4, 0.5) is 0 Å². The second-order valence-corrected chi connectivity index (χ2v) is 10.6. The average molecular weight is 497 g/mol. The normalized spacial score (nSPS) is 11.0. The fourth-order valence-corrected chi connectivity index (χ4v) is 5.29. The molecule has 0 aliphatic heterocycles. The third kappa shape index (κ3) is 5.97. The van der Waals surface area contributed by atoms with Crippen molar-refractivity contribution in [3.05, 3.63) is 59.0 Å². The largest absolute Gasteiger partial charge is 0.453 e. The zero-order valence-corrected chi connectivity index (χ0v) is 22.4. The summed E-state index contributed by atoms with van der Waals surface area (Å²) >= 11 is 3.63. The van der Waals surface area contributed by atoms with Crippen molar-refractivity contribution in [1.82, 2.24) is 0 Å². The number of furan rings is 2. The average Bonchev–Trinajstić information content (AvgIpc) is 3.33. The molecule has 4 aromatic rings. The lowest BCUT2D eigenvalue weighted by molar-refractivity contribution is 0.0981. The molecule has 6 heteroatoms. The first-order valence-electron chi connectivity index (χ1n) is 11.6. The Morgan fingerprint density at radius 2 is 1.09 bits per heavy atom. The molecule has 2 aromatic heterocycles. The van der Waals surface area contributed by atoms with Gasteiger partial charge in [-0.05, 0) is 74.6 Å². The summed E-state index contributed by atoms with van der Waals surface area (Å²) < 4.78 is 11.2. The second-order valence-electron chi connectivity index (χ2n) is 8.24. The Balaban J connectivity index is 0.000000191. The summed E-state index contributed by atoms with van der Waals surface area (Å²) in [6.07, 6.45) is 2.30. The smallest absolute Gasteiger partial charge is 0.195 e. The zero-order valence-electron chi connectivity index (χ0n) is 20.7. The van der Waals surface area contributed by atoms with Gasteiger partial charge in [-0.25, -0.2) is 0 Å². The lowest BCUT2D eigenvalue weighted by Crippen LogP contribution is -1.90. The SMILES string of the molecule is CCCSc1ccc2c(C)c(C(C)=O)oc2c1.CCCSc1ccc2c(C)c(C(C)=O)oc2c1. The Morgan fingerprint density at radius 3 is 1.41 bits per heavy atom. The number of benzene rings is 2. The van der Waals surface area contributed by atoms with Gasteiger partial charge in [0.15, 0.2) is 23.1 Å². The van der Waals surface area contributed by atoms with Crippen LogP contribution in [0.5, 0.6) is 0 Å². The molecule has 34 heavy (non-hydrogen) atoms. The Labute approximate surface area is 209 Å². The van der Waals surface area contributed by atoms with Gasteiger partial charge < -0.3 is 8.83 Å². The molecule has 0 radical (unpaired) electrons. The van der Waals surface area contributed by atoms with E-state index in [0.717, 1.165) is 57.4 Å². The molecule has 2 heterocycles. The lowest BCUT2D eigenvalue weighted by atomic mass is 10.1. The summed E-state index contributed by atoms with van der Waals surface area (Å²) in [7, 11) is 0. The minimum atomic E-state index is -0.0125. The number of rotatable bonds is 8. The summed E-state index contributed by atoms with van der Waals surface area (Å²) in [4.78, 5) is 25.2. The van der Waals surface area contributed by atoms with Crippen LogP contribution < -0.4 is 0 Å². The Hall–Kier alpha value is -2.44. The van der Waals surface area contributed by atoms with Gasteiger partial charge in [-0.2, -0.15) is 0 Å². The number of Topliss-reactive ketones (excluding diaryl/α,β-unsaturated/α-hetero) is 2. The molecule has 0 bridgehead atoms. The predicted octanol–water partition coefficient (Wildman–Crippen LogP) is 8.89. The Morgan fingerprint density at radius 1 is 0.706 bits per heavy atom. The summed E-state index contributed by atoms with van der Waals surface area (Å²) in [6, 6.07) is 12.3. The number of carbonyl (C=O) groups is 2. The van der Waals surface area contributed by atoms with Crippen LogP contribution in [0.2, 0.25) is 0 Å². The quantitative estimate of drug-likeness (QED) is 0.179. The molecule has 0 spiro atoms. The molecule has 0 N–H and O–H groups in total. The molecule has 0 aliphatic carbocycles. The van der Waals surface area contributed by atoms with E-state index in [-0.39, 0.29) is 11.6 Å². The van der Waals surface area contributed by atoms with E-state index in [1.54, 1.807) is 0 Å². The van der Waals surface area contributed by atoms with E-state index in [9.17, 15) is 9.59 Å². The second kappa shape index (κ2) is 11.8. The van der Waals surface area contributed by atoms with Crippen LogP contribution in [0.1, 0.15) is 72.8 Å². The monoisotopic (exact) mass is 496 g/mol. The van der Waals surface area contributed by atoms with Gasteiger partial charge in [-0.15, -0.1) is 23.5 Å². The molecular weight excluding hydrogens is 464 g/mol. The molecule has 4 rings (SSSR count). The summed E-state index contributed by atoms with van der Waals surface area (Å²) in [6.45, 7) is 11.3. The number of fused-ring (bicyclic) bond motifs is 2. The van der Waals surface area contributed by atoms with Crippen LogP contribution >= 0.6 is 23.5 Å². The molecule has 180 valence electrons. The van der Waals surface area contributed by atoms with Crippen LogP contribution in [-0.4, -0.2) is 23.1 Å². The number of carbonyl (C=O) groups excluding carboxylic acids is 2. The first-order chi connectivity index (χ1) is 16.3. The van der Waals surface area contributed by atoms with Crippen molar-refractivity contribution >= 4 is 57.0 Å². The standard InChI is InChI=1S/2C14H16O2S/c2*1-4-7-17-11-5-6-12-9(2)14(10(3)15)16-13(12)8-11/h2*5-6,8H,4,7H2,1-3H3. The third-order valence-corrected chi connectivity index (χ3v) is 7.80. The van der Waals surface area contributed by atoms with Crippen molar-refractivity contribution < 1.29 is 18.4 Å². The highest BCUT2D eigenvalue weighted by Crippen LogP contribution is 2.31. The van der Waals surface area contributed by atoms with E-state index >= 15 is 0 Å². The van der Waals surface area contributed by atoms with Gasteiger partial charge in [0.2, 0.25) is 0 Å². The number of thioether (sulfide) groups is 2. The van der Waals surface area contributed by atoms with Crippen LogP contribution in [-0.2, 0) is 0 Å². The summed E-state index contributed by atoms with van der Waals surface area (Å²) in [5.41, 5.74) is 3.52. The van der Waals surface area contributed by atoms with Crippen molar-refractivity contribution in [3.8, 4) is 0 Å². The van der Waals surface area contributed by atoms with Gasteiger partial charge in [0.25, 0.3) is 0 Å². The number of ketones is 2. The molecule has 0 amide bonds. The molecular formula is C28H32O4S2. The maximum absolute atomic E-state index is 11.4. The first kappa shape index (κ1) is 26.2. The molecule has 0 saturated heterocycles. The van der Waals surface area contributed by atoms with Gasteiger partial charge in [-0.3, -0.25) is 9.59 Å². The molecule has 0 aliphatic rings. The molecule has 0 saturated carbocycles. The highest BCUT2D eigenvalue weighted by molar-refractivity contribution is 7.99. The lowest BCUT2D eigenvalue weighted by Gasteiger charge is -1.98. The van der Waals surface area contributed by atoms with E-state index in [1.807, 2.05) is 61.6 Å². The van der Waals surface area contributed by atoms with Crippen molar-refractivity contribution in [2.45, 2.75) is 64.2 Å². The Kier molecular flexibility index (Phi) is 9.09. The number of hydrogen-bond acceptors (Lipinski definition) is 6. The maximum Gasteiger partial charge on any atom is 0.195 e. The van der Waals surface area contributed by atoms with E-state index in [4.69, 9.17) is 8.83 Å². The molecule has 0 fully saturated rings. The molecule has 4 nitrogen and oxygen atoms in total. The fraction of sp³-hybridized carbons (Fsp3) is 0.357. The minimum absolute atomic E-state index is 0.0125. The molecule has 0 unspecified atom stereocenters. The van der Waals surface area contributed by atoms with Gasteiger partial charge in [-0.1, -0.05) is 13.8 Å². The van der Waals surface area contributed by atoms with Gasteiger partial charge in [0.1, 0.15) is 11.2 Å². The van der Waals surface area contributed by atoms with Crippen LogP contribution in [0.3, 0.4) is 0 Å². The van der Waals surface area contributed by atoms with Gasteiger partial charge in [0, 0.05) is 45.5 Å². The topological polar surface area (TPSA) is 60.4 Å². The fourth-order valence-electron chi connectivity index (χ4n) is 3.70. The summed E-state index contributed by atoms with van der Waals surface area (Å²) in [5, 5.41) is 2.08. The van der Waals surface area contributed by atoms with Crippen molar-refractivity contribution in [2.24, 2.45) is 0 Å². The Bertz CT molecular complexity index is 1210. The van der Waals surface area contributed by atoms with Crippen molar-refractivity contribution in [3.63, 3.8) is 0 Å². The van der Waals surface area contributed by atoms with E-state index in [1.165, 1.54) is 23.6 Å². The predicted molar refractivity (Wildman–Crippen MR) is 144 cm³/mol. The van der Waals surface area contributed by atoms with Gasteiger partial charge >= 0.3 is 0 Å². The van der Waals surface area contributed by atoms with Crippen LogP contribution in [0, 0.1) is 13.8 Å². The number of hydrogen-bond donors (Lipinski definition) is 0. The number of aryl methyl sites for hydroxylation is 2. The van der Waals surface area contributed by atoms with Crippen molar-refractivity contribution in [1.29, 1.82) is 0 Å². The maximum atomic E-state index is 11.4. The highest BCUT2D eigenvalue weighted by atomic mass is 32.2. The van der Waals surface area contributed by atoms with Crippen molar-refractivity contribution in [2.75, 3.05) is 11.5 Å². The van der Waals surface area contributed by atoms with E-state index < -0.39 is 0 Å². The van der Waals surface area contributed by atoms with E-state index in [2.05, 4.69) is 26.0 Å².